The van der Waals surface area contributed by atoms with Gasteiger partial charge in [-0.2, -0.15) is 5.11 Å². The van der Waals surface area contributed by atoms with Gasteiger partial charge in [0.2, 0.25) is 0 Å². The van der Waals surface area contributed by atoms with Gasteiger partial charge in [0.1, 0.15) is 0 Å². The van der Waals surface area contributed by atoms with Gasteiger partial charge in [-0.25, -0.2) is 0 Å². The molecule has 6 nitrogen and oxygen atoms in total. The molecule has 4 N–H and O–H groups in total. The van der Waals surface area contributed by atoms with Crippen LogP contribution in [0, 0.1) is 0 Å². The molecule has 0 atom stereocenters. The van der Waals surface area contributed by atoms with Gasteiger partial charge >= 0.3 is 0 Å². The van der Waals surface area contributed by atoms with E-state index in [9.17, 15) is 0 Å². The van der Waals surface area contributed by atoms with Crippen LogP contribution in [0.2, 0.25) is 0 Å². The number of anilines is 3. The van der Waals surface area contributed by atoms with Crippen LogP contribution in [0.4, 0.5) is 28.4 Å². The first kappa shape index (κ1) is 22.9. The van der Waals surface area contributed by atoms with E-state index >= 15 is 0 Å². The molecule has 0 amide bonds. The average Bonchev–Trinajstić information content (AvgIpc) is 2.89. The third-order valence-corrected chi connectivity index (χ3v) is 5.69. The van der Waals surface area contributed by atoms with Crippen LogP contribution in [0.5, 0.6) is 0 Å². The van der Waals surface area contributed by atoms with Crippen LogP contribution >= 0.6 is 0 Å². The van der Waals surface area contributed by atoms with Crippen LogP contribution in [-0.2, 0) is 0 Å². The number of hydrazine groups is 1. The van der Waals surface area contributed by atoms with E-state index in [1.54, 1.807) is 0 Å². The van der Waals surface area contributed by atoms with E-state index in [0.29, 0.717) is 0 Å². The fourth-order valence-electron chi connectivity index (χ4n) is 3.84. The summed E-state index contributed by atoms with van der Waals surface area (Å²) in [5.41, 5.74) is 17.9. The Morgan fingerprint density at radius 3 is 2.15 bits per heavy atom. The van der Waals surface area contributed by atoms with Crippen LogP contribution in [0.3, 0.4) is 0 Å². The second kappa shape index (κ2) is 11.0. The molecule has 0 unspecified atom stereocenters. The molecule has 6 heteroatoms. The highest BCUT2D eigenvalue weighted by Crippen LogP contribution is 2.33. The summed E-state index contributed by atoms with van der Waals surface area (Å²) in [6, 6.07) is 28.4. The van der Waals surface area contributed by atoms with Crippen molar-refractivity contribution in [3.05, 3.63) is 96.7 Å². The normalized spacial score (nSPS) is 11.4. The summed E-state index contributed by atoms with van der Waals surface area (Å²) in [6.45, 7) is 6.33. The van der Waals surface area contributed by atoms with E-state index in [4.69, 9.17) is 5.73 Å². The smallest absolute Gasteiger partial charge is 0.0936 e. The van der Waals surface area contributed by atoms with Crippen molar-refractivity contribution in [3.8, 4) is 0 Å². The summed E-state index contributed by atoms with van der Waals surface area (Å²) in [5, 5.41) is 11.0. The van der Waals surface area contributed by atoms with E-state index in [1.807, 2.05) is 54.6 Å². The molecule has 34 heavy (non-hydrogen) atoms. The van der Waals surface area contributed by atoms with Crippen LogP contribution in [-0.4, -0.2) is 13.1 Å². The number of nitrogens with zero attached hydrogens (tertiary/aromatic N) is 3. The van der Waals surface area contributed by atoms with Crippen LogP contribution in [0.15, 0.2) is 101 Å². The molecule has 172 valence electrons. The molecule has 4 rings (SSSR count). The summed E-state index contributed by atoms with van der Waals surface area (Å²) in [7, 11) is 0. The number of hydrogen-bond acceptors (Lipinski definition) is 6. The number of hydrogen-bond donors (Lipinski definition) is 3. The Kier molecular flexibility index (Phi) is 7.40. The van der Waals surface area contributed by atoms with E-state index in [0.717, 1.165) is 52.2 Å². The van der Waals surface area contributed by atoms with Gasteiger partial charge in [0.15, 0.2) is 0 Å². The Morgan fingerprint density at radius 1 is 0.765 bits per heavy atom. The first-order chi connectivity index (χ1) is 16.7. The van der Waals surface area contributed by atoms with Gasteiger partial charge < -0.3 is 21.5 Å². The minimum Gasteiger partial charge on any atom is -0.405 e. The Morgan fingerprint density at radius 2 is 1.47 bits per heavy atom. The molecule has 4 aromatic carbocycles. The molecule has 0 aliphatic rings. The Labute approximate surface area is 200 Å². The molecule has 0 aliphatic carbocycles. The zero-order valence-electron chi connectivity index (χ0n) is 19.6. The van der Waals surface area contributed by atoms with Gasteiger partial charge in [0.05, 0.1) is 22.7 Å². The maximum atomic E-state index is 5.45. The predicted octanol–water partition coefficient (Wildman–Crippen LogP) is 7.47. The quantitative estimate of drug-likeness (QED) is 0.183. The number of nitrogens with one attached hydrogen (secondary N) is 2. The highest BCUT2D eigenvalue weighted by atomic mass is 15.4. The molecular weight excluding hydrogens is 420 g/mol. The van der Waals surface area contributed by atoms with Gasteiger partial charge in [-0.05, 0) is 80.2 Å². The third-order valence-electron chi connectivity index (χ3n) is 5.69. The lowest BCUT2D eigenvalue weighted by atomic mass is 10.1. The summed E-state index contributed by atoms with van der Waals surface area (Å²) < 4.78 is 0. The van der Waals surface area contributed by atoms with E-state index in [2.05, 4.69) is 76.2 Å². The lowest BCUT2D eigenvalue weighted by Gasteiger charge is -2.21. The van der Waals surface area contributed by atoms with Crippen molar-refractivity contribution in [1.82, 2.24) is 0 Å². The van der Waals surface area contributed by atoms with Crippen molar-refractivity contribution in [2.24, 2.45) is 16.0 Å². The summed E-state index contributed by atoms with van der Waals surface area (Å²) in [6.07, 6.45) is 3.36. The molecule has 0 spiro atoms. The second-order valence-electron chi connectivity index (χ2n) is 7.80. The highest BCUT2D eigenvalue weighted by Gasteiger charge is 2.06. The Balaban J connectivity index is 1.51. The largest absolute Gasteiger partial charge is 0.405 e. The van der Waals surface area contributed by atoms with Crippen molar-refractivity contribution < 1.29 is 0 Å². The molecule has 0 aromatic heterocycles. The monoisotopic (exact) mass is 450 g/mol. The van der Waals surface area contributed by atoms with Gasteiger partial charge in [-0.15, -0.1) is 5.11 Å². The van der Waals surface area contributed by atoms with Gasteiger partial charge in [0.25, 0.3) is 0 Å². The number of fused-ring (bicyclic) bond motifs is 1. The highest BCUT2D eigenvalue weighted by molar-refractivity contribution is 6.01. The predicted molar refractivity (Wildman–Crippen MR) is 145 cm³/mol. The summed E-state index contributed by atoms with van der Waals surface area (Å²) in [5.74, 6) is 0. The molecule has 0 heterocycles. The van der Waals surface area contributed by atoms with Crippen molar-refractivity contribution in [1.29, 1.82) is 0 Å². The van der Waals surface area contributed by atoms with Crippen molar-refractivity contribution in [2.75, 3.05) is 28.8 Å². The Hall–Kier alpha value is -4.32. The molecule has 0 saturated carbocycles. The summed E-state index contributed by atoms with van der Waals surface area (Å²) >= 11 is 0. The van der Waals surface area contributed by atoms with Gasteiger partial charge in [-0.3, -0.25) is 0 Å². The minimum absolute atomic E-state index is 0.787. The average molecular weight is 451 g/mol. The molecule has 4 aromatic rings. The lowest BCUT2D eigenvalue weighted by Crippen LogP contribution is -2.21. The Bertz CT molecular complexity index is 1270. The van der Waals surface area contributed by atoms with E-state index in [1.165, 1.54) is 11.9 Å². The molecule has 0 radical (unpaired) electrons. The van der Waals surface area contributed by atoms with Crippen molar-refractivity contribution in [3.63, 3.8) is 0 Å². The van der Waals surface area contributed by atoms with Gasteiger partial charge in [-0.1, -0.05) is 36.4 Å². The number of azo groups is 1. The third kappa shape index (κ3) is 5.35. The van der Waals surface area contributed by atoms with Gasteiger partial charge in [0, 0.05) is 29.5 Å². The zero-order chi connectivity index (χ0) is 23.8. The van der Waals surface area contributed by atoms with Crippen molar-refractivity contribution >= 4 is 45.3 Å². The molecule has 0 aliphatic heterocycles. The fourth-order valence-corrected chi connectivity index (χ4v) is 3.84. The lowest BCUT2D eigenvalue weighted by molar-refractivity contribution is 0.866. The van der Waals surface area contributed by atoms with Crippen LogP contribution in [0.25, 0.3) is 16.8 Å². The zero-order valence-corrected chi connectivity index (χ0v) is 19.6. The minimum atomic E-state index is 0.787. The van der Waals surface area contributed by atoms with E-state index in [-0.39, 0.29) is 0 Å². The van der Waals surface area contributed by atoms with Crippen molar-refractivity contribution in [2.45, 2.75) is 13.8 Å². The van der Waals surface area contributed by atoms with E-state index < -0.39 is 0 Å². The SMILES string of the molecule is CCN(CC)c1ccc(NNc2ccc(N=Nc3ccc(C=CN)cc3)c3ccccc23)cc1. The molecular formula is C28H30N6. The van der Waals surface area contributed by atoms with Crippen LogP contribution in [0.1, 0.15) is 19.4 Å². The summed E-state index contributed by atoms with van der Waals surface area (Å²) in [4.78, 5) is 2.32. The maximum Gasteiger partial charge on any atom is 0.0936 e. The first-order valence-corrected chi connectivity index (χ1v) is 11.5. The first-order valence-electron chi connectivity index (χ1n) is 11.5. The topological polar surface area (TPSA) is 78.0 Å². The molecule has 0 fully saturated rings. The molecule has 0 saturated heterocycles. The number of benzene rings is 4. The fraction of sp³-hybridized carbons (Fsp3) is 0.143. The maximum absolute atomic E-state index is 5.45. The number of nitrogens with two attached hydrogens (primary N) is 1. The second-order valence-corrected chi connectivity index (χ2v) is 7.80. The molecule has 0 bridgehead atoms. The van der Waals surface area contributed by atoms with Crippen LogP contribution < -0.4 is 21.5 Å². The number of rotatable bonds is 9. The standard InChI is InChI=1S/C28H30N6/c1-3-34(4-2)24-15-13-23(14-16-24)31-33-28-18-17-27(25-7-5-6-8-26(25)28)32-30-22-11-9-21(10-12-22)19-20-29/h5-20,31,33H,3-4,29H2,1-2H3.